The Bertz CT molecular complexity index is 551. The summed E-state index contributed by atoms with van der Waals surface area (Å²) in [7, 11) is 0. The molecule has 9 nitrogen and oxygen atoms in total. The van der Waals surface area contributed by atoms with Crippen molar-refractivity contribution in [3.63, 3.8) is 0 Å². The van der Waals surface area contributed by atoms with E-state index in [2.05, 4.69) is 25.2 Å². The van der Waals surface area contributed by atoms with Gasteiger partial charge in [0.25, 0.3) is 5.91 Å². The van der Waals surface area contributed by atoms with Crippen LogP contribution in [-0.2, 0) is 17.9 Å². The van der Waals surface area contributed by atoms with Crippen LogP contribution in [0, 0.1) is 0 Å². The zero-order valence-corrected chi connectivity index (χ0v) is 9.79. The number of aliphatic carboxylic acids is 1. The lowest BCUT2D eigenvalue weighted by molar-refractivity contribution is -0.137. The number of carboxylic acids is 1. The van der Waals surface area contributed by atoms with Gasteiger partial charge in [0.1, 0.15) is 12.2 Å². The molecule has 0 aliphatic carbocycles. The summed E-state index contributed by atoms with van der Waals surface area (Å²) in [5.74, 6) is -1.37. The van der Waals surface area contributed by atoms with Crippen LogP contribution in [0.15, 0.2) is 11.6 Å². The fourth-order valence-electron chi connectivity index (χ4n) is 1.16. The average Bonchev–Trinajstić information content (AvgIpc) is 2.95. The number of aromatic nitrogens is 5. The smallest absolute Gasteiger partial charge is 0.325 e. The molecular weight excluding hydrogens is 260 g/mol. The van der Waals surface area contributed by atoms with Crippen molar-refractivity contribution < 1.29 is 14.7 Å². The minimum atomic E-state index is -1.01. The first-order chi connectivity index (χ1) is 8.65. The van der Waals surface area contributed by atoms with E-state index in [0.717, 1.165) is 11.5 Å². The molecule has 1 amide bonds. The Morgan fingerprint density at radius 1 is 1.44 bits per heavy atom. The van der Waals surface area contributed by atoms with Crippen molar-refractivity contribution in [1.29, 1.82) is 0 Å². The third-order valence-corrected chi connectivity index (χ3v) is 2.41. The van der Waals surface area contributed by atoms with Gasteiger partial charge in [0.15, 0.2) is 5.69 Å². The van der Waals surface area contributed by atoms with E-state index in [1.807, 2.05) is 0 Å². The van der Waals surface area contributed by atoms with Crippen molar-refractivity contribution in [2.24, 2.45) is 0 Å². The number of rotatable bonds is 5. The van der Waals surface area contributed by atoms with Gasteiger partial charge in [-0.2, -0.15) is 0 Å². The lowest BCUT2D eigenvalue weighted by Gasteiger charge is -1.98. The van der Waals surface area contributed by atoms with Gasteiger partial charge in [-0.15, -0.1) is 10.2 Å². The predicted molar refractivity (Wildman–Crippen MR) is 58.7 cm³/mol. The monoisotopic (exact) mass is 268 g/mol. The third-order valence-electron chi connectivity index (χ3n) is 1.91. The molecule has 0 saturated heterocycles. The van der Waals surface area contributed by atoms with Crippen molar-refractivity contribution in [2.45, 2.75) is 13.1 Å². The van der Waals surface area contributed by atoms with Gasteiger partial charge in [0.05, 0.1) is 12.7 Å². The van der Waals surface area contributed by atoms with E-state index in [-0.39, 0.29) is 24.7 Å². The Labute approximate surface area is 105 Å². The second kappa shape index (κ2) is 5.31. The van der Waals surface area contributed by atoms with Crippen molar-refractivity contribution >= 4 is 23.4 Å². The molecule has 2 rings (SSSR count). The summed E-state index contributed by atoms with van der Waals surface area (Å²) in [6, 6.07) is 0. The van der Waals surface area contributed by atoms with E-state index >= 15 is 0 Å². The van der Waals surface area contributed by atoms with E-state index in [0.29, 0.717) is 5.69 Å². The number of carboxylic acid groups (broad SMARTS) is 1. The zero-order chi connectivity index (χ0) is 13.0. The largest absolute Gasteiger partial charge is 0.480 e. The number of carbonyl (C=O) groups excluding carboxylic acids is 1. The molecule has 0 aliphatic rings. The summed E-state index contributed by atoms with van der Waals surface area (Å²) in [6.07, 6.45) is 1.45. The molecular formula is C8H8N6O3S. The molecule has 2 aromatic heterocycles. The van der Waals surface area contributed by atoms with E-state index in [9.17, 15) is 9.59 Å². The topological polar surface area (TPSA) is 123 Å². The van der Waals surface area contributed by atoms with Crippen molar-refractivity contribution in [2.75, 3.05) is 0 Å². The van der Waals surface area contributed by atoms with Crippen LogP contribution in [0.1, 0.15) is 16.2 Å². The average molecular weight is 268 g/mol. The van der Waals surface area contributed by atoms with Gasteiger partial charge >= 0.3 is 5.97 Å². The van der Waals surface area contributed by atoms with Gasteiger partial charge in [-0.1, -0.05) is 9.70 Å². The molecule has 0 radical (unpaired) electrons. The number of nitrogens with one attached hydrogen (secondary N) is 1. The van der Waals surface area contributed by atoms with Crippen LogP contribution in [0.3, 0.4) is 0 Å². The van der Waals surface area contributed by atoms with Crippen molar-refractivity contribution in [1.82, 2.24) is 29.9 Å². The fourth-order valence-corrected chi connectivity index (χ4v) is 1.60. The Morgan fingerprint density at radius 3 is 2.94 bits per heavy atom. The highest BCUT2D eigenvalue weighted by molar-refractivity contribution is 7.03. The maximum atomic E-state index is 11.5. The molecule has 18 heavy (non-hydrogen) atoms. The molecule has 10 heteroatoms. The van der Waals surface area contributed by atoms with Gasteiger partial charge in [0, 0.05) is 5.38 Å². The van der Waals surface area contributed by atoms with E-state index in [4.69, 9.17) is 5.11 Å². The molecule has 0 saturated carbocycles. The highest BCUT2D eigenvalue weighted by Gasteiger charge is 2.10. The molecule has 0 unspecified atom stereocenters. The molecule has 0 atom stereocenters. The Morgan fingerprint density at radius 2 is 2.28 bits per heavy atom. The summed E-state index contributed by atoms with van der Waals surface area (Å²) < 4.78 is 4.74. The lowest BCUT2D eigenvalue weighted by Crippen LogP contribution is -2.23. The van der Waals surface area contributed by atoms with Gasteiger partial charge < -0.3 is 10.4 Å². The quantitative estimate of drug-likeness (QED) is 0.723. The van der Waals surface area contributed by atoms with Crippen LogP contribution in [-0.4, -0.2) is 41.6 Å². The first kappa shape index (κ1) is 12.1. The van der Waals surface area contributed by atoms with E-state index in [1.165, 1.54) is 16.3 Å². The van der Waals surface area contributed by atoms with Crippen LogP contribution >= 0.6 is 11.5 Å². The number of nitrogens with zero attached hydrogens (tertiary/aromatic N) is 5. The van der Waals surface area contributed by atoms with Gasteiger partial charge in [-0.3, -0.25) is 9.59 Å². The van der Waals surface area contributed by atoms with Crippen molar-refractivity contribution in [3.05, 3.63) is 23.0 Å². The number of carbonyl (C=O) groups is 2. The highest BCUT2D eigenvalue weighted by Crippen LogP contribution is 1.98. The first-order valence-electron chi connectivity index (χ1n) is 4.81. The Balaban J connectivity index is 1.88. The molecule has 0 bridgehead atoms. The summed E-state index contributed by atoms with van der Waals surface area (Å²) in [4.78, 5) is 21.9. The van der Waals surface area contributed by atoms with Crippen LogP contribution in [0.2, 0.25) is 0 Å². The molecule has 2 N–H and O–H groups in total. The number of amides is 1. The molecule has 0 spiro atoms. The van der Waals surface area contributed by atoms with Crippen LogP contribution in [0.4, 0.5) is 0 Å². The van der Waals surface area contributed by atoms with Crippen LogP contribution < -0.4 is 5.32 Å². The number of hydrogen-bond donors (Lipinski definition) is 2. The molecule has 2 aromatic rings. The highest BCUT2D eigenvalue weighted by atomic mass is 32.1. The van der Waals surface area contributed by atoms with E-state index < -0.39 is 5.97 Å². The van der Waals surface area contributed by atoms with Crippen LogP contribution in [0.5, 0.6) is 0 Å². The SMILES string of the molecule is O=C(O)Cn1cc(CNC(=O)c2csnn2)nn1. The van der Waals surface area contributed by atoms with Crippen molar-refractivity contribution in [3.8, 4) is 0 Å². The minimum absolute atomic E-state index is 0.149. The van der Waals surface area contributed by atoms with Gasteiger partial charge in [-0.05, 0) is 11.5 Å². The lowest BCUT2D eigenvalue weighted by atomic mass is 10.4. The zero-order valence-electron chi connectivity index (χ0n) is 8.98. The summed E-state index contributed by atoms with van der Waals surface area (Å²) >= 11 is 1.08. The molecule has 0 aliphatic heterocycles. The Hall–Kier alpha value is -2.36. The first-order valence-corrected chi connectivity index (χ1v) is 5.65. The molecule has 0 aromatic carbocycles. The predicted octanol–water partition coefficient (Wildman–Crippen LogP) is -0.856. The number of hydrogen-bond acceptors (Lipinski definition) is 7. The fraction of sp³-hybridized carbons (Fsp3) is 0.250. The maximum Gasteiger partial charge on any atom is 0.325 e. The summed E-state index contributed by atoms with van der Waals surface area (Å²) in [5.41, 5.74) is 0.700. The maximum absolute atomic E-state index is 11.5. The normalized spacial score (nSPS) is 10.2. The van der Waals surface area contributed by atoms with Gasteiger partial charge in [-0.25, -0.2) is 4.68 Å². The third kappa shape index (κ3) is 3.07. The van der Waals surface area contributed by atoms with Gasteiger partial charge in [0.2, 0.25) is 0 Å². The molecule has 94 valence electrons. The van der Waals surface area contributed by atoms with E-state index in [1.54, 1.807) is 0 Å². The second-order valence-electron chi connectivity index (χ2n) is 3.27. The second-order valence-corrected chi connectivity index (χ2v) is 3.88. The standard InChI is InChI=1S/C8H8N6O3S/c15-7(16)3-14-2-5(10-12-14)1-9-8(17)6-4-18-13-11-6/h2,4H,1,3H2,(H,9,17)(H,15,16). The molecule has 0 fully saturated rings. The Kier molecular flexibility index (Phi) is 3.57. The summed E-state index contributed by atoms with van der Waals surface area (Å²) in [5, 5.41) is 23.6. The molecule has 2 heterocycles. The van der Waals surface area contributed by atoms with Crippen LogP contribution in [0.25, 0.3) is 0 Å². The summed E-state index contributed by atoms with van der Waals surface area (Å²) in [6.45, 7) is -0.118. The minimum Gasteiger partial charge on any atom is -0.480 e.